The van der Waals surface area contributed by atoms with E-state index in [0.717, 1.165) is 0 Å². The van der Waals surface area contributed by atoms with E-state index in [9.17, 15) is 5.11 Å². The smallest absolute Gasteiger partial charge is 0.172 e. The lowest BCUT2D eigenvalue weighted by Crippen LogP contribution is -2.16. The van der Waals surface area contributed by atoms with Crippen LogP contribution in [0.3, 0.4) is 0 Å². The molecule has 0 aliphatic heterocycles. The summed E-state index contributed by atoms with van der Waals surface area (Å²) in [6.07, 6.45) is 0.760. The second kappa shape index (κ2) is 3.82. The summed E-state index contributed by atoms with van der Waals surface area (Å²) in [6, 6.07) is 3.47. The summed E-state index contributed by atoms with van der Waals surface area (Å²) in [6.45, 7) is 6.40. The molecule has 1 N–H and O–H groups in total. The van der Waals surface area contributed by atoms with Crippen molar-refractivity contribution in [3.8, 4) is 11.5 Å². The first-order valence-corrected chi connectivity index (χ1v) is 7.73. The maximum absolute atomic E-state index is 9.53. The van der Waals surface area contributed by atoms with E-state index in [1.807, 2.05) is 0 Å². The van der Waals surface area contributed by atoms with Crippen molar-refractivity contribution in [2.24, 2.45) is 0 Å². The van der Waals surface area contributed by atoms with Crippen molar-refractivity contribution in [3.05, 3.63) is 24.2 Å². The molecule has 0 saturated heterocycles. The Bertz CT molecular complexity index is 311. The Kier molecular flexibility index (Phi) is 2.97. The summed E-state index contributed by atoms with van der Waals surface area (Å²) < 4.78 is 5.02. The molecule has 0 bridgehead atoms. The van der Waals surface area contributed by atoms with E-state index in [1.54, 1.807) is 12.1 Å². The van der Waals surface area contributed by atoms with E-state index in [-0.39, 0.29) is 0 Å². The van der Waals surface area contributed by atoms with Gasteiger partial charge in [-0.05, 0) is 12.1 Å². The lowest BCUT2D eigenvalue weighted by Gasteiger charge is -2.04. The summed E-state index contributed by atoms with van der Waals surface area (Å²) >= 11 is 0. The van der Waals surface area contributed by atoms with Gasteiger partial charge in [0.25, 0.3) is 0 Å². The topological polar surface area (TPSA) is 33.4 Å². The van der Waals surface area contributed by atoms with E-state index in [0.29, 0.717) is 5.76 Å². The van der Waals surface area contributed by atoms with Gasteiger partial charge in [-0.2, -0.15) is 0 Å². The van der Waals surface area contributed by atoms with Crippen LogP contribution in [-0.2, 0) is 0 Å². The minimum atomic E-state index is -1.40. The Morgan fingerprint density at radius 3 is 2.62 bits per heavy atom. The number of hydrogen-bond acceptors (Lipinski definition) is 2. The van der Waals surface area contributed by atoms with Gasteiger partial charge in [0.05, 0.1) is 6.26 Å². The van der Waals surface area contributed by atoms with Gasteiger partial charge in [-0.25, -0.2) is 0 Å². The predicted octanol–water partition coefficient (Wildman–Crippen LogP) is 2.19. The van der Waals surface area contributed by atoms with Crippen LogP contribution in [0, 0.1) is 11.5 Å². The molecule has 1 atom stereocenters. The Morgan fingerprint density at radius 2 is 2.15 bits per heavy atom. The molecule has 0 aliphatic carbocycles. The molecule has 3 heteroatoms. The van der Waals surface area contributed by atoms with Crippen LogP contribution in [0.5, 0.6) is 0 Å². The van der Waals surface area contributed by atoms with E-state index >= 15 is 0 Å². The molecule has 1 rings (SSSR count). The third kappa shape index (κ3) is 3.49. The summed E-state index contributed by atoms with van der Waals surface area (Å²) in [4.78, 5) is 0. The minimum Gasteiger partial charge on any atom is -0.466 e. The molecule has 1 aromatic rings. The summed E-state index contributed by atoms with van der Waals surface area (Å²) in [5, 5.41) is 9.53. The molecule has 0 fully saturated rings. The van der Waals surface area contributed by atoms with Gasteiger partial charge in [-0.3, -0.25) is 0 Å². The lowest BCUT2D eigenvalue weighted by atomic mass is 10.3. The Labute approximate surface area is 79.6 Å². The molecule has 13 heavy (non-hydrogen) atoms. The maximum Gasteiger partial charge on any atom is 0.172 e. The van der Waals surface area contributed by atoms with Gasteiger partial charge >= 0.3 is 0 Å². The molecule has 1 aromatic heterocycles. The van der Waals surface area contributed by atoms with Crippen LogP contribution in [-0.4, -0.2) is 13.2 Å². The highest BCUT2D eigenvalue weighted by molar-refractivity contribution is 6.83. The van der Waals surface area contributed by atoms with Crippen LogP contribution >= 0.6 is 0 Å². The summed E-state index contributed by atoms with van der Waals surface area (Å²) in [5.74, 6) is 3.32. The SMILES string of the molecule is C[Si](C)(C)C#CC(O)c1ccco1. The standard InChI is InChI=1S/C10H14O2Si/c1-13(2,3)8-6-9(11)10-5-4-7-12-10/h4-5,7,9,11H,1-3H3. The molecule has 0 aromatic carbocycles. The molecular weight excluding hydrogens is 180 g/mol. The fourth-order valence-electron chi connectivity index (χ4n) is 0.803. The number of aliphatic hydroxyl groups is 1. The lowest BCUT2D eigenvalue weighted by molar-refractivity contribution is 0.206. The van der Waals surface area contributed by atoms with E-state index < -0.39 is 14.2 Å². The highest BCUT2D eigenvalue weighted by Gasteiger charge is 2.10. The summed E-state index contributed by atoms with van der Waals surface area (Å²) in [7, 11) is -1.40. The first kappa shape index (κ1) is 10.1. The highest BCUT2D eigenvalue weighted by atomic mass is 28.3. The summed E-state index contributed by atoms with van der Waals surface area (Å²) in [5.41, 5.74) is 3.09. The van der Waals surface area contributed by atoms with Gasteiger partial charge in [-0.1, -0.05) is 25.6 Å². The average Bonchev–Trinajstić information content (AvgIpc) is 2.50. The van der Waals surface area contributed by atoms with Crippen LogP contribution in [0.25, 0.3) is 0 Å². The van der Waals surface area contributed by atoms with Crippen LogP contribution in [0.1, 0.15) is 11.9 Å². The molecule has 0 saturated carbocycles. The molecule has 2 nitrogen and oxygen atoms in total. The van der Waals surface area contributed by atoms with Crippen molar-refractivity contribution >= 4 is 8.07 Å². The Hall–Kier alpha value is -0.983. The van der Waals surface area contributed by atoms with Crippen molar-refractivity contribution in [2.45, 2.75) is 25.7 Å². The van der Waals surface area contributed by atoms with Crippen molar-refractivity contribution in [3.63, 3.8) is 0 Å². The molecule has 0 radical (unpaired) electrons. The third-order valence-electron chi connectivity index (χ3n) is 1.40. The monoisotopic (exact) mass is 194 g/mol. The largest absolute Gasteiger partial charge is 0.466 e. The number of hydrogen-bond donors (Lipinski definition) is 1. The molecular formula is C10H14O2Si. The van der Waals surface area contributed by atoms with Crippen LogP contribution in [0.4, 0.5) is 0 Å². The first-order chi connectivity index (χ1) is 5.99. The zero-order valence-corrected chi connectivity index (χ0v) is 9.16. The highest BCUT2D eigenvalue weighted by Crippen LogP contribution is 2.11. The first-order valence-electron chi connectivity index (χ1n) is 4.23. The van der Waals surface area contributed by atoms with Gasteiger partial charge in [0.1, 0.15) is 13.8 Å². The minimum absolute atomic E-state index is 0.519. The fourth-order valence-corrected chi connectivity index (χ4v) is 1.37. The van der Waals surface area contributed by atoms with Crippen molar-refractivity contribution < 1.29 is 9.52 Å². The second-order valence-electron chi connectivity index (χ2n) is 3.94. The maximum atomic E-state index is 9.53. The molecule has 70 valence electrons. The third-order valence-corrected chi connectivity index (χ3v) is 2.29. The molecule has 0 amide bonds. The average molecular weight is 194 g/mol. The van der Waals surface area contributed by atoms with Crippen LogP contribution in [0.15, 0.2) is 22.8 Å². The fraction of sp³-hybridized carbons (Fsp3) is 0.400. The molecule has 1 heterocycles. The zero-order valence-electron chi connectivity index (χ0n) is 8.16. The van der Waals surface area contributed by atoms with E-state index in [2.05, 4.69) is 31.1 Å². The van der Waals surface area contributed by atoms with Gasteiger partial charge in [0, 0.05) is 0 Å². The van der Waals surface area contributed by atoms with Gasteiger partial charge in [0.2, 0.25) is 0 Å². The van der Waals surface area contributed by atoms with Crippen LogP contribution in [0.2, 0.25) is 19.6 Å². The number of furan rings is 1. The van der Waals surface area contributed by atoms with E-state index in [4.69, 9.17) is 4.42 Å². The van der Waals surface area contributed by atoms with Gasteiger partial charge < -0.3 is 9.52 Å². The Balaban J connectivity index is 2.69. The second-order valence-corrected chi connectivity index (χ2v) is 8.69. The normalized spacial score (nSPS) is 13.2. The quantitative estimate of drug-likeness (QED) is 0.549. The van der Waals surface area contributed by atoms with Crippen molar-refractivity contribution in [1.82, 2.24) is 0 Å². The van der Waals surface area contributed by atoms with E-state index in [1.165, 1.54) is 6.26 Å². The van der Waals surface area contributed by atoms with Crippen molar-refractivity contribution in [2.75, 3.05) is 0 Å². The predicted molar refractivity (Wildman–Crippen MR) is 54.8 cm³/mol. The van der Waals surface area contributed by atoms with Gasteiger partial charge in [-0.15, -0.1) is 5.54 Å². The number of rotatable bonds is 1. The van der Waals surface area contributed by atoms with Crippen LogP contribution < -0.4 is 0 Å². The Morgan fingerprint density at radius 1 is 1.46 bits per heavy atom. The van der Waals surface area contributed by atoms with Gasteiger partial charge in [0.15, 0.2) is 6.10 Å². The molecule has 1 unspecified atom stereocenters. The van der Waals surface area contributed by atoms with Crippen molar-refractivity contribution in [1.29, 1.82) is 0 Å². The molecule has 0 aliphatic rings. The number of aliphatic hydroxyl groups excluding tert-OH is 1. The zero-order chi connectivity index (χ0) is 9.90. The molecule has 0 spiro atoms.